The monoisotopic (exact) mass is 291 g/mol. The fourth-order valence-electron chi connectivity index (χ4n) is 2.12. The molecule has 3 heteroatoms. The number of hydrogen-bond donors (Lipinski definition) is 1. The largest absolute Gasteiger partial charge is 0.493 e. The standard InChI is InChI=1S/C18H29NO2/c1-14(2)12-21-18-8-6-17(7-9-18)15(3)19-10-11-20-13-16-4-5-16/h6-9,14-16,19H,4-5,10-13H2,1-3H3. The van der Waals surface area contributed by atoms with Crippen LogP contribution in [0.3, 0.4) is 0 Å². The Balaban J connectivity index is 1.64. The summed E-state index contributed by atoms with van der Waals surface area (Å²) >= 11 is 0. The number of rotatable bonds is 10. The van der Waals surface area contributed by atoms with Crippen LogP contribution in [0.2, 0.25) is 0 Å². The normalized spacial score (nSPS) is 16.2. The average molecular weight is 291 g/mol. The molecule has 0 aromatic heterocycles. The van der Waals surface area contributed by atoms with Gasteiger partial charge in [-0.1, -0.05) is 26.0 Å². The molecule has 0 aliphatic heterocycles. The molecule has 1 aliphatic carbocycles. The first-order valence-electron chi connectivity index (χ1n) is 8.19. The smallest absolute Gasteiger partial charge is 0.119 e. The topological polar surface area (TPSA) is 30.5 Å². The van der Waals surface area contributed by atoms with Gasteiger partial charge >= 0.3 is 0 Å². The van der Waals surface area contributed by atoms with Crippen LogP contribution >= 0.6 is 0 Å². The van der Waals surface area contributed by atoms with Crippen molar-refractivity contribution < 1.29 is 9.47 Å². The molecule has 0 radical (unpaired) electrons. The zero-order valence-corrected chi connectivity index (χ0v) is 13.6. The Morgan fingerprint density at radius 2 is 1.86 bits per heavy atom. The highest BCUT2D eigenvalue weighted by Gasteiger charge is 2.20. The molecular weight excluding hydrogens is 262 g/mol. The summed E-state index contributed by atoms with van der Waals surface area (Å²) in [7, 11) is 0. The molecule has 0 bridgehead atoms. The van der Waals surface area contributed by atoms with Crippen molar-refractivity contribution in [3.63, 3.8) is 0 Å². The summed E-state index contributed by atoms with van der Waals surface area (Å²) in [4.78, 5) is 0. The molecule has 1 saturated carbocycles. The van der Waals surface area contributed by atoms with Crippen LogP contribution in [0.4, 0.5) is 0 Å². The Kier molecular flexibility index (Phi) is 6.52. The van der Waals surface area contributed by atoms with E-state index in [-0.39, 0.29) is 0 Å². The van der Waals surface area contributed by atoms with E-state index >= 15 is 0 Å². The Morgan fingerprint density at radius 3 is 2.48 bits per heavy atom. The van der Waals surface area contributed by atoms with Crippen molar-refractivity contribution in [2.75, 3.05) is 26.4 Å². The van der Waals surface area contributed by atoms with Gasteiger partial charge in [-0.3, -0.25) is 0 Å². The fraction of sp³-hybridized carbons (Fsp3) is 0.667. The van der Waals surface area contributed by atoms with Crippen molar-refractivity contribution in [1.29, 1.82) is 0 Å². The van der Waals surface area contributed by atoms with Crippen molar-refractivity contribution in [2.24, 2.45) is 11.8 Å². The van der Waals surface area contributed by atoms with Crippen molar-refractivity contribution in [2.45, 2.75) is 39.7 Å². The minimum atomic E-state index is 0.341. The molecule has 1 N–H and O–H groups in total. The van der Waals surface area contributed by atoms with Crippen LogP contribution in [0.5, 0.6) is 5.75 Å². The van der Waals surface area contributed by atoms with Gasteiger partial charge in [-0.2, -0.15) is 0 Å². The van der Waals surface area contributed by atoms with E-state index in [9.17, 15) is 0 Å². The molecule has 1 atom stereocenters. The van der Waals surface area contributed by atoms with Gasteiger partial charge in [0.1, 0.15) is 5.75 Å². The second kappa shape index (κ2) is 8.40. The van der Waals surface area contributed by atoms with Gasteiger partial charge < -0.3 is 14.8 Å². The summed E-state index contributed by atoms with van der Waals surface area (Å²) in [6.45, 7) is 9.92. The van der Waals surface area contributed by atoms with Crippen LogP contribution in [0, 0.1) is 11.8 Å². The van der Waals surface area contributed by atoms with E-state index in [1.807, 2.05) is 0 Å². The van der Waals surface area contributed by atoms with Crippen LogP contribution < -0.4 is 10.1 Å². The highest BCUT2D eigenvalue weighted by molar-refractivity contribution is 5.28. The molecule has 0 amide bonds. The Hall–Kier alpha value is -1.06. The van der Waals surface area contributed by atoms with Gasteiger partial charge in [0.2, 0.25) is 0 Å². The molecule has 1 aliphatic rings. The Bertz CT molecular complexity index is 398. The second-order valence-corrected chi connectivity index (χ2v) is 6.47. The molecular formula is C18H29NO2. The average Bonchev–Trinajstić information content (AvgIpc) is 3.29. The third-order valence-corrected chi connectivity index (χ3v) is 3.71. The summed E-state index contributed by atoms with van der Waals surface area (Å²) in [6.07, 6.45) is 2.71. The van der Waals surface area contributed by atoms with E-state index in [1.165, 1.54) is 18.4 Å². The summed E-state index contributed by atoms with van der Waals surface area (Å²) in [5, 5.41) is 3.50. The van der Waals surface area contributed by atoms with E-state index in [0.29, 0.717) is 12.0 Å². The lowest BCUT2D eigenvalue weighted by Crippen LogP contribution is -2.23. The van der Waals surface area contributed by atoms with Crippen LogP contribution in [-0.2, 0) is 4.74 Å². The van der Waals surface area contributed by atoms with Crippen molar-refractivity contribution in [1.82, 2.24) is 5.32 Å². The summed E-state index contributed by atoms with van der Waals surface area (Å²) in [5.41, 5.74) is 1.29. The molecule has 1 fully saturated rings. The van der Waals surface area contributed by atoms with Crippen LogP contribution in [0.25, 0.3) is 0 Å². The molecule has 21 heavy (non-hydrogen) atoms. The lowest BCUT2D eigenvalue weighted by molar-refractivity contribution is 0.124. The molecule has 3 nitrogen and oxygen atoms in total. The van der Waals surface area contributed by atoms with Gasteiger partial charge in [-0.15, -0.1) is 0 Å². The van der Waals surface area contributed by atoms with Crippen LogP contribution in [0.15, 0.2) is 24.3 Å². The Labute approximate surface area is 129 Å². The maximum atomic E-state index is 5.70. The Morgan fingerprint density at radius 1 is 1.14 bits per heavy atom. The first kappa shape index (κ1) is 16.3. The fourth-order valence-corrected chi connectivity index (χ4v) is 2.12. The number of ether oxygens (including phenoxy) is 2. The van der Waals surface area contributed by atoms with E-state index in [2.05, 4.69) is 50.4 Å². The number of nitrogens with one attached hydrogen (secondary N) is 1. The molecule has 0 heterocycles. The maximum Gasteiger partial charge on any atom is 0.119 e. The summed E-state index contributed by atoms with van der Waals surface area (Å²) in [6, 6.07) is 8.73. The van der Waals surface area contributed by atoms with Crippen molar-refractivity contribution in [3.8, 4) is 5.75 Å². The maximum absolute atomic E-state index is 5.70. The van der Waals surface area contributed by atoms with Crippen LogP contribution in [0.1, 0.15) is 45.2 Å². The van der Waals surface area contributed by atoms with E-state index in [0.717, 1.165) is 38.0 Å². The van der Waals surface area contributed by atoms with Gasteiger partial charge in [-0.05, 0) is 49.3 Å². The predicted molar refractivity (Wildman–Crippen MR) is 86.7 cm³/mol. The molecule has 118 valence electrons. The highest BCUT2D eigenvalue weighted by Crippen LogP contribution is 2.28. The van der Waals surface area contributed by atoms with Gasteiger partial charge in [0.05, 0.1) is 13.2 Å². The first-order valence-corrected chi connectivity index (χ1v) is 8.19. The molecule has 1 aromatic carbocycles. The van der Waals surface area contributed by atoms with Gasteiger partial charge in [0.15, 0.2) is 0 Å². The van der Waals surface area contributed by atoms with Gasteiger partial charge in [-0.25, -0.2) is 0 Å². The summed E-state index contributed by atoms with van der Waals surface area (Å²) < 4.78 is 11.3. The molecule has 0 saturated heterocycles. The molecule has 2 rings (SSSR count). The minimum absolute atomic E-state index is 0.341. The first-order chi connectivity index (χ1) is 10.1. The number of benzene rings is 1. The van der Waals surface area contributed by atoms with Crippen molar-refractivity contribution >= 4 is 0 Å². The zero-order chi connectivity index (χ0) is 15.1. The zero-order valence-electron chi connectivity index (χ0n) is 13.6. The van der Waals surface area contributed by atoms with E-state index < -0.39 is 0 Å². The lowest BCUT2D eigenvalue weighted by Gasteiger charge is -2.15. The van der Waals surface area contributed by atoms with Crippen molar-refractivity contribution in [3.05, 3.63) is 29.8 Å². The third kappa shape index (κ3) is 6.49. The third-order valence-electron chi connectivity index (χ3n) is 3.71. The summed E-state index contributed by atoms with van der Waals surface area (Å²) in [5.74, 6) is 2.36. The van der Waals surface area contributed by atoms with Crippen LogP contribution in [-0.4, -0.2) is 26.4 Å². The highest BCUT2D eigenvalue weighted by atomic mass is 16.5. The lowest BCUT2D eigenvalue weighted by atomic mass is 10.1. The molecule has 1 aromatic rings. The molecule has 0 spiro atoms. The minimum Gasteiger partial charge on any atom is -0.493 e. The van der Waals surface area contributed by atoms with Gasteiger partial charge in [0.25, 0.3) is 0 Å². The quantitative estimate of drug-likeness (QED) is 0.665. The SMILES string of the molecule is CC(C)COc1ccc(C(C)NCCOCC2CC2)cc1. The van der Waals surface area contributed by atoms with Gasteiger partial charge in [0, 0.05) is 19.2 Å². The van der Waals surface area contributed by atoms with E-state index in [1.54, 1.807) is 0 Å². The van der Waals surface area contributed by atoms with E-state index in [4.69, 9.17) is 9.47 Å². The number of hydrogen-bond acceptors (Lipinski definition) is 3. The molecule has 1 unspecified atom stereocenters. The second-order valence-electron chi connectivity index (χ2n) is 6.47. The predicted octanol–water partition coefficient (Wildman–Crippen LogP) is 3.80.